The first-order valence-electron chi connectivity index (χ1n) is 6.63. The fourth-order valence-corrected chi connectivity index (χ4v) is 1.96. The number of carbonyl (C=O) groups excluding carboxylic acids is 1. The zero-order chi connectivity index (χ0) is 16.1. The van der Waals surface area contributed by atoms with Gasteiger partial charge in [0, 0.05) is 5.56 Å². The Morgan fingerprint density at radius 1 is 1.14 bits per heavy atom. The molecule has 0 bridgehead atoms. The lowest BCUT2D eigenvalue weighted by Crippen LogP contribution is -2.13. The Kier molecular flexibility index (Phi) is 4.50. The maximum absolute atomic E-state index is 13.3. The fourth-order valence-electron chi connectivity index (χ4n) is 1.96. The molecule has 22 heavy (non-hydrogen) atoms. The average Bonchev–Trinajstić information content (AvgIpc) is 2.55. The highest BCUT2D eigenvalue weighted by molar-refractivity contribution is 6.05. The minimum Gasteiger partial charge on any atom is -0.321 e. The number of amides is 1. The zero-order valence-electron chi connectivity index (χ0n) is 11.9. The third-order valence-corrected chi connectivity index (χ3v) is 3.21. The molecule has 0 radical (unpaired) electrons. The largest absolute Gasteiger partial charge is 0.321 e. The number of benzene rings is 2. The molecule has 0 saturated carbocycles. The summed E-state index contributed by atoms with van der Waals surface area (Å²) >= 11 is 0. The van der Waals surface area contributed by atoms with E-state index >= 15 is 0 Å². The van der Waals surface area contributed by atoms with Gasteiger partial charge in [-0.1, -0.05) is 13.0 Å². The molecule has 2 aromatic rings. The van der Waals surface area contributed by atoms with E-state index < -0.39 is 11.7 Å². The molecule has 0 aliphatic rings. The molecule has 0 aliphatic heterocycles. The fraction of sp³-hybridized carbons (Fsp3) is 0.118. The van der Waals surface area contributed by atoms with Gasteiger partial charge in [0.05, 0.1) is 16.8 Å². The van der Waals surface area contributed by atoms with E-state index in [9.17, 15) is 9.18 Å². The molecule has 2 rings (SSSR count). The number of nitriles is 2. The van der Waals surface area contributed by atoms with Crippen LogP contribution in [0.1, 0.15) is 34.0 Å². The summed E-state index contributed by atoms with van der Waals surface area (Å²) in [6.45, 7) is 1.97. The second-order valence-electron chi connectivity index (χ2n) is 4.61. The maximum Gasteiger partial charge on any atom is 0.255 e. The number of nitrogens with zero attached hydrogens (tertiary/aromatic N) is 2. The van der Waals surface area contributed by atoms with Crippen molar-refractivity contribution in [3.63, 3.8) is 0 Å². The van der Waals surface area contributed by atoms with Gasteiger partial charge in [0.1, 0.15) is 18.0 Å². The summed E-state index contributed by atoms with van der Waals surface area (Å²) in [5.74, 6) is -1.18. The van der Waals surface area contributed by atoms with E-state index in [4.69, 9.17) is 10.5 Å². The van der Waals surface area contributed by atoms with Crippen LogP contribution in [0.5, 0.6) is 0 Å². The molecule has 0 aromatic heterocycles. The highest BCUT2D eigenvalue weighted by Gasteiger charge is 2.12. The van der Waals surface area contributed by atoms with Gasteiger partial charge in [-0.2, -0.15) is 10.5 Å². The molecule has 1 N–H and O–H groups in total. The molecule has 5 heteroatoms. The van der Waals surface area contributed by atoms with Gasteiger partial charge in [0.25, 0.3) is 5.91 Å². The van der Waals surface area contributed by atoms with Crippen molar-refractivity contribution in [2.24, 2.45) is 0 Å². The molecule has 0 atom stereocenters. The van der Waals surface area contributed by atoms with Crippen LogP contribution in [0.4, 0.5) is 10.1 Å². The van der Waals surface area contributed by atoms with Crippen LogP contribution >= 0.6 is 0 Å². The standard InChI is InChI=1S/C17H12FN3O/c1-2-11-3-6-16(14(7-11)10-20)21-17(22)12-4-5-15(18)13(8-12)9-19/h3-8H,2H2,1H3,(H,21,22). The summed E-state index contributed by atoms with van der Waals surface area (Å²) in [6.07, 6.45) is 0.784. The van der Waals surface area contributed by atoms with Crippen molar-refractivity contribution in [2.75, 3.05) is 5.32 Å². The van der Waals surface area contributed by atoms with Gasteiger partial charge in [0.2, 0.25) is 0 Å². The Morgan fingerprint density at radius 3 is 2.50 bits per heavy atom. The highest BCUT2D eigenvalue weighted by atomic mass is 19.1. The van der Waals surface area contributed by atoms with E-state index in [0.29, 0.717) is 11.3 Å². The van der Waals surface area contributed by atoms with Gasteiger partial charge in [-0.25, -0.2) is 4.39 Å². The molecule has 0 heterocycles. The predicted octanol–water partition coefficient (Wildman–Crippen LogP) is 3.38. The second kappa shape index (κ2) is 6.51. The quantitative estimate of drug-likeness (QED) is 0.942. The molecule has 0 aliphatic carbocycles. The number of aryl methyl sites for hydroxylation is 1. The molecule has 2 aromatic carbocycles. The lowest BCUT2D eigenvalue weighted by Gasteiger charge is -2.09. The van der Waals surface area contributed by atoms with Crippen LogP contribution in [-0.4, -0.2) is 5.91 Å². The summed E-state index contributed by atoms with van der Waals surface area (Å²) in [6, 6.07) is 12.4. The molecule has 108 valence electrons. The molecule has 0 fully saturated rings. The predicted molar refractivity (Wildman–Crippen MR) is 79.6 cm³/mol. The Balaban J connectivity index is 2.30. The molecular formula is C17H12FN3O. The number of carbonyl (C=O) groups is 1. The van der Waals surface area contributed by atoms with Crippen molar-refractivity contribution in [3.8, 4) is 12.1 Å². The van der Waals surface area contributed by atoms with Crippen LogP contribution in [0, 0.1) is 28.5 Å². The van der Waals surface area contributed by atoms with E-state index in [2.05, 4.69) is 5.32 Å². The van der Waals surface area contributed by atoms with Crippen molar-refractivity contribution in [3.05, 3.63) is 64.5 Å². The first-order valence-corrected chi connectivity index (χ1v) is 6.63. The van der Waals surface area contributed by atoms with Crippen LogP contribution in [-0.2, 0) is 6.42 Å². The molecule has 0 saturated heterocycles. The van der Waals surface area contributed by atoms with Gasteiger partial charge < -0.3 is 5.32 Å². The Morgan fingerprint density at radius 2 is 1.86 bits per heavy atom. The minimum atomic E-state index is -0.677. The SMILES string of the molecule is CCc1ccc(NC(=O)c2ccc(F)c(C#N)c2)c(C#N)c1. The molecule has 0 spiro atoms. The third kappa shape index (κ3) is 3.11. The van der Waals surface area contributed by atoms with Crippen LogP contribution in [0.3, 0.4) is 0 Å². The summed E-state index contributed by atoms with van der Waals surface area (Å²) < 4.78 is 13.3. The number of nitrogens with one attached hydrogen (secondary N) is 1. The van der Waals surface area contributed by atoms with E-state index in [1.807, 2.05) is 19.1 Å². The number of halogens is 1. The summed E-state index contributed by atoms with van der Waals surface area (Å²) in [5.41, 5.74) is 1.68. The summed E-state index contributed by atoms with van der Waals surface area (Å²) in [5, 5.41) is 20.5. The normalized spacial score (nSPS) is 9.64. The van der Waals surface area contributed by atoms with Crippen LogP contribution in [0.2, 0.25) is 0 Å². The van der Waals surface area contributed by atoms with Crippen LogP contribution in [0.15, 0.2) is 36.4 Å². The highest BCUT2D eigenvalue weighted by Crippen LogP contribution is 2.19. The third-order valence-electron chi connectivity index (χ3n) is 3.21. The van der Waals surface area contributed by atoms with E-state index in [-0.39, 0.29) is 11.1 Å². The van der Waals surface area contributed by atoms with Crippen LogP contribution in [0.25, 0.3) is 0 Å². The van der Waals surface area contributed by atoms with E-state index in [1.54, 1.807) is 18.2 Å². The Hall–Kier alpha value is -3.18. The summed E-state index contributed by atoms with van der Waals surface area (Å²) in [4.78, 5) is 12.2. The van der Waals surface area contributed by atoms with Crippen molar-refractivity contribution in [1.29, 1.82) is 10.5 Å². The maximum atomic E-state index is 13.3. The van der Waals surface area contributed by atoms with Crippen molar-refractivity contribution >= 4 is 11.6 Å². The van der Waals surface area contributed by atoms with Gasteiger partial charge >= 0.3 is 0 Å². The number of hydrogen-bond donors (Lipinski definition) is 1. The van der Waals surface area contributed by atoms with Crippen molar-refractivity contribution in [2.45, 2.75) is 13.3 Å². The topological polar surface area (TPSA) is 76.7 Å². The lowest BCUT2D eigenvalue weighted by atomic mass is 10.1. The zero-order valence-corrected chi connectivity index (χ0v) is 11.9. The second-order valence-corrected chi connectivity index (χ2v) is 4.61. The molecule has 0 unspecified atom stereocenters. The van der Waals surface area contributed by atoms with Crippen molar-refractivity contribution in [1.82, 2.24) is 0 Å². The van der Waals surface area contributed by atoms with Gasteiger partial charge in [-0.15, -0.1) is 0 Å². The van der Waals surface area contributed by atoms with Crippen LogP contribution < -0.4 is 5.32 Å². The lowest BCUT2D eigenvalue weighted by molar-refractivity contribution is 0.102. The smallest absolute Gasteiger partial charge is 0.255 e. The molecule has 1 amide bonds. The minimum absolute atomic E-state index is 0.154. The Bertz CT molecular complexity index is 816. The monoisotopic (exact) mass is 293 g/mol. The average molecular weight is 293 g/mol. The van der Waals surface area contributed by atoms with Gasteiger partial charge in [-0.3, -0.25) is 4.79 Å². The first kappa shape index (κ1) is 15.2. The first-order chi connectivity index (χ1) is 10.6. The van der Waals surface area contributed by atoms with E-state index in [0.717, 1.165) is 18.1 Å². The van der Waals surface area contributed by atoms with E-state index in [1.165, 1.54) is 12.1 Å². The summed E-state index contributed by atoms with van der Waals surface area (Å²) in [7, 11) is 0. The molecule has 4 nitrogen and oxygen atoms in total. The number of anilines is 1. The number of hydrogen-bond acceptors (Lipinski definition) is 3. The van der Waals surface area contributed by atoms with Gasteiger partial charge in [0.15, 0.2) is 0 Å². The molecular weight excluding hydrogens is 281 g/mol. The Labute approximate surface area is 127 Å². The van der Waals surface area contributed by atoms with Gasteiger partial charge in [-0.05, 0) is 42.3 Å². The van der Waals surface area contributed by atoms with Crippen molar-refractivity contribution < 1.29 is 9.18 Å². The number of rotatable bonds is 3.